The second-order valence-corrected chi connectivity index (χ2v) is 6.96. The third-order valence-electron chi connectivity index (χ3n) is 5.48. The van der Waals surface area contributed by atoms with Gasteiger partial charge in [0.15, 0.2) is 0 Å². The lowest BCUT2D eigenvalue weighted by Gasteiger charge is -2.32. The normalized spacial score (nSPS) is 34.5. The maximum absolute atomic E-state index is 13.4. The van der Waals surface area contributed by atoms with Gasteiger partial charge in [-0.1, -0.05) is 6.42 Å². The summed E-state index contributed by atoms with van der Waals surface area (Å²) in [6.07, 6.45) is 1.39. The predicted molar refractivity (Wildman–Crippen MR) is 74.7 cm³/mol. The summed E-state index contributed by atoms with van der Waals surface area (Å²) < 4.78 is 37.0. The van der Waals surface area contributed by atoms with Crippen molar-refractivity contribution in [1.29, 1.82) is 0 Å². The van der Waals surface area contributed by atoms with Gasteiger partial charge >= 0.3 is 18.0 Å². The standard InChI is InChI=1S/C16H22F2O5/c17-16(18,15(20)21)23-13-10-7-6-9(8-10)12(13)14(19)22-11-4-2-1-3-5-11/h9-13H,1-8H2,(H,20,21). The average molecular weight is 332 g/mol. The molecule has 0 saturated heterocycles. The molecule has 0 amide bonds. The van der Waals surface area contributed by atoms with Gasteiger partial charge in [-0.2, -0.15) is 8.78 Å². The van der Waals surface area contributed by atoms with E-state index in [1.54, 1.807) is 0 Å². The molecule has 23 heavy (non-hydrogen) atoms. The second kappa shape index (κ2) is 6.34. The van der Waals surface area contributed by atoms with Crippen LogP contribution in [0, 0.1) is 17.8 Å². The van der Waals surface area contributed by atoms with Crippen molar-refractivity contribution in [2.24, 2.45) is 17.8 Å². The van der Waals surface area contributed by atoms with E-state index in [4.69, 9.17) is 9.84 Å². The van der Waals surface area contributed by atoms with Crippen LogP contribution in [-0.2, 0) is 19.1 Å². The fourth-order valence-electron chi connectivity index (χ4n) is 4.38. The molecule has 3 aliphatic carbocycles. The van der Waals surface area contributed by atoms with E-state index in [2.05, 4.69) is 4.74 Å². The topological polar surface area (TPSA) is 72.8 Å². The van der Waals surface area contributed by atoms with Crippen molar-refractivity contribution in [2.45, 2.75) is 69.7 Å². The molecule has 4 unspecified atom stereocenters. The van der Waals surface area contributed by atoms with Gasteiger partial charge in [0.05, 0.1) is 12.0 Å². The van der Waals surface area contributed by atoms with Gasteiger partial charge in [0.2, 0.25) is 0 Å². The number of halogens is 2. The number of hydrogen-bond donors (Lipinski definition) is 1. The van der Waals surface area contributed by atoms with Gasteiger partial charge in [-0.05, 0) is 56.8 Å². The summed E-state index contributed by atoms with van der Waals surface area (Å²) in [6, 6.07) is 0. The SMILES string of the molecule is O=C(OC1CCCCC1)C1C2CCC(C2)C1OC(F)(F)C(=O)O. The van der Waals surface area contributed by atoms with Gasteiger partial charge < -0.3 is 14.6 Å². The van der Waals surface area contributed by atoms with E-state index in [1.807, 2.05) is 0 Å². The van der Waals surface area contributed by atoms with Crippen molar-refractivity contribution >= 4 is 11.9 Å². The molecule has 3 fully saturated rings. The van der Waals surface area contributed by atoms with Crippen LogP contribution in [0.5, 0.6) is 0 Å². The maximum Gasteiger partial charge on any atom is 0.456 e. The molecule has 0 aromatic heterocycles. The summed E-state index contributed by atoms with van der Waals surface area (Å²) in [5.74, 6) is -3.80. The lowest BCUT2D eigenvalue weighted by molar-refractivity contribution is -0.275. The molecule has 3 aliphatic rings. The van der Waals surface area contributed by atoms with E-state index in [9.17, 15) is 18.4 Å². The van der Waals surface area contributed by atoms with Crippen LogP contribution in [0.1, 0.15) is 51.4 Å². The zero-order valence-corrected chi connectivity index (χ0v) is 12.9. The summed E-state index contributed by atoms with van der Waals surface area (Å²) in [5, 5.41) is 8.57. The maximum atomic E-state index is 13.4. The molecular formula is C16H22F2O5. The van der Waals surface area contributed by atoms with Gasteiger partial charge in [0.1, 0.15) is 6.10 Å². The number of carbonyl (C=O) groups is 2. The zero-order chi connectivity index (χ0) is 16.6. The molecule has 0 spiro atoms. The number of esters is 1. The van der Waals surface area contributed by atoms with Gasteiger partial charge in [0, 0.05) is 0 Å². The van der Waals surface area contributed by atoms with Crippen molar-refractivity contribution in [3.8, 4) is 0 Å². The predicted octanol–water partition coefficient (Wildman–Crippen LogP) is 2.97. The number of hydrogen-bond acceptors (Lipinski definition) is 4. The van der Waals surface area contributed by atoms with Crippen LogP contribution in [0.3, 0.4) is 0 Å². The summed E-state index contributed by atoms with van der Waals surface area (Å²) in [4.78, 5) is 23.1. The highest BCUT2D eigenvalue weighted by molar-refractivity contribution is 5.75. The van der Waals surface area contributed by atoms with Crippen molar-refractivity contribution in [2.75, 3.05) is 0 Å². The Bertz CT molecular complexity index is 475. The van der Waals surface area contributed by atoms with Crippen molar-refractivity contribution in [3.05, 3.63) is 0 Å². The van der Waals surface area contributed by atoms with Gasteiger partial charge in [-0.25, -0.2) is 4.79 Å². The van der Waals surface area contributed by atoms with E-state index in [0.29, 0.717) is 12.8 Å². The third kappa shape index (κ3) is 3.34. The minimum atomic E-state index is -4.27. The Kier molecular flexibility index (Phi) is 4.58. The smallest absolute Gasteiger partial charge is 0.456 e. The summed E-state index contributed by atoms with van der Waals surface area (Å²) in [5.41, 5.74) is 0. The summed E-state index contributed by atoms with van der Waals surface area (Å²) >= 11 is 0. The van der Waals surface area contributed by atoms with Crippen LogP contribution >= 0.6 is 0 Å². The molecule has 0 heterocycles. The minimum absolute atomic E-state index is 0.0364. The van der Waals surface area contributed by atoms with Crippen LogP contribution in [-0.4, -0.2) is 35.4 Å². The Balaban J connectivity index is 1.68. The van der Waals surface area contributed by atoms with E-state index >= 15 is 0 Å². The number of rotatable bonds is 5. The highest BCUT2D eigenvalue weighted by Crippen LogP contribution is 2.51. The Morgan fingerprint density at radius 1 is 1.00 bits per heavy atom. The van der Waals surface area contributed by atoms with Crippen LogP contribution in [0.15, 0.2) is 0 Å². The molecule has 1 N–H and O–H groups in total. The molecule has 3 rings (SSSR count). The molecule has 3 saturated carbocycles. The lowest BCUT2D eigenvalue weighted by atomic mass is 9.86. The van der Waals surface area contributed by atoms with Crippen molar-refractivity contribution in [1.82, 2.24) is 0 Å². The van der Waals surface area contributed by atoms with Crippen LogP contribution in [0.2, 0.25) is 0 Å². The first-order valence-corrected chi connectivity index (χ1v) is 8.38. The third-order valence-corrected chi connectivity index (χ3v) is 5.48. The number of carboxylic acid groups (broad SMARTS) is 1. The van der Waals surface area contributed by atoms with Crippen LogP contribution in [0.25, 0.3) is 0 Å². The average Bonchev–Trinajstić information content (AvgIpc) is 3.08. The first kappa shape index (κ1) is 16.6. The van der Waals surface area contributed by atoms with E-state index in [0.717, 1.165) is 38.5 Å². The molecule has 0 aromatic carbocycles. The fourth-order valence-corrected chi connectivity index (χ4v) is 4.38. The molecule has 7 heteroatoms. The van der Waals surface area contributed by atoms with E-state index in [1.165, 1.54) is 0 Å². The van der Waals surface area contributed by atoms with Gasteiger partial charge in [-0.15, -0.1) is 0 Å². The summed E-state index contributed by atoms with van der Waals surface area (Å²) in [6.45, 7) is 0. The first-order valence-electron chi connectivity index (χ1n) is 8.38. The number of fused-ring (bicyclic) bond motifs is 2. The van der Waals surface area contributed by atoms with Crippen LogP contribution < -0.4 is 0 Å². The molecule has 130 valence electrons. The molecule has 5 nitrogen and oxygen atoms in total. The lowest BCUT2D eigenvalue weighted by Crippen LogP contribution is -2.45. The zero-order valence-electron chi connectivity index (χ0n) is 12.9. The Labute approximate surface area is 133 Å². The van der Waals surface area contributed by atoms with Gasteiger partial charge in [0.25, 0.3) is 0 Å². The Morgan fingerprint density at radius 2 is 1.65 bits per heavy atom. The highest BCUT2D eigenvalue weighted by atomic mass is 19.3. The fraction of sp³-hybridized carbons (Fsp3) is 0.875. The minimum Gasteiger partial charge on any atom is -0.475 e. The number of carbonyl (C=O) groups excluding carboxylic acids is 1. The van der Waals surface area contributed by atoms with E-state index in [-0.39, 0.29) is 17.9 Å². The second-order valence-electron chi connectivity index (χ2n) is 6.96. The molecule has 4 atom stereocenters. The number of carboxylic acids is 1. The molecule has 0 aromatic rings. The number of alkyl halides is 2. The van der Waals surface area contributed by atoms with Crippen molar-refractivity contribution in [3.63, 3.8) is 0 Å². The summed E-state index contributed by atoms with van der Waals surface area (Å²) in [7, 11) is 0. The molecule has 0 radical (unpaired) electrons. The highest BCUT2D eigenvalue weighted by Gasteiger charge is 2.57. The van der Waals surface area contributed by atoms with Crippen molar-refractivity contribution < 1.29 is 33.0 Å². The van der Waals surface area contributed by atoms with Gasteiger partial charge in [-0.3, -0.25) is 4.79 Å². The molecule has 2 bridgehead atoms. The monoisotopic (exact) mass is 332 g/mol. The largest absolute Gasteiger partial charge is 0.475 e. The quantitative estimate of drug-likeness (QED) is 0.784. The molecular weight excluding hydrogens is 310 g/mol. The van der Waals surface area contributed by atoms with Crippen LogP contribution in [0.4, 0.5) is 8.78 Å². The Hall–Kier alpha value is -1.24. The van der Waals surface area contributed by atoms with E-state index < -0.39 is 30.1 Å². The molecule has 0 aliphatic heterocycles. The Morgan fingerprint density at radius 3 is 2.30 bits per heavy atom. The number of aliphatic carboxylic acids is 1. The first-order chi connectivity index (χ1) is 10.9. The number of ether oxygens (including phenoxy) is 2.